The van der Waals surface area contributed by atoms with Gasteiger partial charge in [0.2, 0.25) is 6.79 Å². The molecule has 1 amide bonds. The van der Waals surface area contributed by atoms with Gasteiger partial charge < -0.3 is 9.47 Å². The Hall–Kier alpha value is -3.68. The van der Waals surface area contributed by atoms with Crippen LogP contribution in [0.4, 0.5) is 0 Å². The van der Waals surface area contributed by atoms with Crippen LogP contribution in [0.15, 0.2) is 53.9 Å². The van der Waals surface area contributed by atoms with Crippen molar-refractivity contribution in [2.75, 3.05) is 6.79 Å². The number of nitrogens with zero attached hydrogens (tertiary/aromatic N) is 3. The van der Waals surface area contributed by atoms with E-state index < -0.39 is 0 Å². The van der Waals surface area contributed by atoms with E-state index in [4.69, 9.17) is 9.47 Å². The summed E-state index contributed by atoms with van der Waals surface area (Å²) in [5, 5.41) is 10.8. The Labute approximate surface area is 142 Å². The first-order chi connectivity index (χ1) is 12.3. The number of pyridine rings is 1. The third-order valence-electron chi connectivity index (χ3n) is 3.55. The Morgan fingerprint density at radius 1 is 1.24 bits per heavy atom. The number of benzene rings is 1. The minimum Gasteiger partial charge on any atom is -0.454 e. The van der Waals surface area contributed by atoms with Gasteiger partial charge in [-0.05, 0) is 30.3 Å². The second kappa shape index (κ2) is 6.44. The second-order valence-electron chi connectivity index (χ2n) is 5.22. The van der Waals surface area contributed by atoms with Gasteiger partial charge in [-0.3, -0.25) is 14.9 Å². The van der Waals surface area contributed by atoms with Crippen LogP contribution in [0.1, 0.15) is 16.1 Å². The average Bonchev–Trinajstić information content (AvgIpc) is 3.31. The van der Waals surface area contributed by atoms with Gasteiger partial charge in [-0.2, -0.15) is 10.2 Å². The van der Waals surface area contributed by atoms with E-state index in [1.54, 1.807) is 24.5 Å². The van der Waals surface area contributed by atoms with E-state index in [9.17, 15) is 4.79 Å². The molecule has 0 bridgehead atoms. The first-order valence-corrected chi connectivity index (χ1v) is 7.48. The molecule has 8 nitrogen and oxygen atoms in total. The van der Waals surface area contributed by atoms with Gasteiger partial charge in [0, 0.05) is 23.5 Å². The Balaban J connectivity index is 1.45. The molecule has 124 valence electrons. The fraction of sp³-hybridized carbons (Fsp3) is 0.0588. The summed E-state index contributed by atoms with van der Waals surface area (Å²) >= 11 is 0. The van der Waals surface area contributed by atoms with Crippen LogP contribution in [0.3, 0.4) is 0 Å². The summed E-state index contributed by atoms with van der Waals surface area (Å²) in [6.45, 7) is 0.210. The van der Waals surface area contributed by atoms with Crippen LogP contribution in [-0.2, 0) is 0 Å². The summed E-state index contributed by atoms with van der Waals surface area (Å²) in [4.78, 5) is 16.1. The number of rotatable bonds is 4. The molecule has 0 saturated carbocycles. The third-order valence-corrected chi connectivity index (χ3v) is 3.55. The monoisotopic (exact) mass is 335 g/mol. The molecule has 2 aromatic heterocycles. The second-order valence-corrected chi connectivity index (χ2v) is 5.22. The fourth-order valence-electron chi connectivity index (χ4n) is 2.32. The molecule has 0 saturated heterocycles. The largest absolute Gasteiger partial charge is 0.454 e. The maximum Gasteiger partial charge on any atom is 0.289 e. The van der Waals surface area contributed by atoms with Crippen molar-refractivity contribution in [2.24, 2.45) is 5.10 Å². The molecule has 0 spiro atoms. The van der Waals surface area contributed by atoms with Gasteiger partial charge in [-0.15, -0.1) is 0 Å². The van der Waals surface area contributed by atoms with Crippen molar-refractivity contribution in [2.45, 2.75) is 0 Å². The smallest absolute Gasteiger partial charge is 0.289 e. The van der Waals surface area contributed by atoms with Crippen molar-refractivity contribution < 1.29 is 14.3 Å². The molecule has 2 N–H and O–H groups in total. The van der Waals surface area contributed by atoms with Crippen LogP contribution in [0, 0.1) is 0 Å². The zero-order valence-corrected chi connectivity index (χ0v) is 13.0. The van der Waals surface area contributed by atoms with Gasteiger partial charge in [0.25, 0.3) is 5.91 Å². The molecular formula is C17H13N5O3. The summed E-state index contributed by atoms with van der Waals surface area (Å²) < 4.78 is 10.6. The number of carbonyl (C=O) groups is 1. The molecule has 3 aromatic rings. The molecular weight excluding hydrogens is 322 g/mol. The van der Waals surface area contributed by atoms with Crippen LogP contribution in [-0.4, -0.2) is 34.1 Å². The average molecular weight is 335 g/mol. The third kappa shape index (κ3) is 3.18. The standard InChI is InChI=1S/C17H13N5O3/c23-17(22-19-9-11-2-1-5-18-8-11)14-7-13(20-21-14)12-3-4-15-16(6-12)25-10-24-15/h1-9H,10H2,(H,20,21)(H,22,23). The Morgan fingerprint density at radius 2 is 2.16 bits per heavy atom. The zero-order valence-electron chi connectivity index (χ0n) is 13.0. The Kier molecular flexibility index (Phi) is 3.83. The van der Waals surface area contributed by atoms with Gasteiger partial charge in [-0.1, -0.05) is 6.07 Å². The van der Waals surface area contributed by atoms with Crippen molar-refractivity contribution in [1.29, 1.82) is 0 Å². The van der Waals surface area contributed by atoms with Crippen molar-refractivity contribution >= 4 is 12.1 Å². The topological polar surface area (TPSA) is 101 Å². The maximum absolute atomic E-state index is 12.1. The SMILES string of the molecule is O=C(NN=Cc1cccnc1)c1cc(-c2ccc3c(c2)OCO3)n[nH]1. The highest BCUT2D eigenvalue weighted by atomic mass is 16.7. The highest BCUT2D eigenvalue weighted by molar-refractivity contribution is 5.94. The lowest BCUT2D eigenvalue weighted by molar-refractivity contribution is 0.0950. The lowest BCUT2D eigenvalue weighted by atomic mass is 10.1. The lowest BCUT2D eigenvalue weighted by Crippen LogP contribution is -2.18. The van der Waals surface area contributed by atoms with Crippen molar-refractivity contribution in [3.8, 4) is 22.8 Å². The number of hydrazone groups is 1. The van der Waals surface area contributed by atoms with E-state index >= 15 is 0 Å². The maximum atomic E-state index is 12.1. The number of nitrogens with one attached hydrogen (secondary N) is 2. The molecule has 25 heavy (non-hydrogen) atoms. The number of aromatic nitrogens is 3. The molecule has 1 aliphatic rings. The quantitative estimate of drug-likeness (QED) is 0.561. The molecule has 0 atom stereocenters. The molecule has 1 aromatic carbocycles. The minimum absolute atomic E-state index is 0.210. The number of H-pyrrole nitrogens is 1. The number of fused-ring (bicyclic) bond motifs is 1. The summed E-state index contributed by atoms with van der Waals surface area (Å²) in [5.74, 6) is 0.967. The first-order valence-electron chi connectivity index (χ1n) is 7.48. The number of carbonyl (C=O) groups excluding carboxylic acids is 1. The highest BCUT2D eigenvalue weighted by Crippen LogP contribution is 2.35. The van der Waals surface area contributed by atoms with Crippen molar-refractivity contribution in [3.05, 3.63) is 60.0 Å². The minimum atomic E-state index is -0.389. The highest BCUT2D eigenvalue weighted by Gasteiger charge is 2.16. The zero-order chi connectivity index (χ0) is 17.1. The number of hydrogen-bond donors (Lipinski definition) is 2. The van der Waals surface area contributed by atoms with E-state index in [0.29, 0.717) is 22.9 Å². The number of amides is 1. The van der Waals surface area contributed by atoms with Gasteiger partial charge in [0.05, 0.1) is 11.9 Å². The predicted octanol–water partition coefficient (Wildman–Crippen LogP) is 1.96. The normalized spacial score (nSPS) is 12.5. The van der Waals surface area contributed by atoms with Gasteiger partial charge in [0.15, 0.2) is 11.5 Å². The summed E-state index contributed by atoms with van der Waals surface area (Å²) in [5.41, 5.74) is 4.97. The molecule has 3 heterocycles. The van der Waals surface area contributed by atoms with E-state index in [1.807, 2.05) is 24.3 Å². The summed E-state index contributed by atoms with van der Waals surface area (Å²) in [7, 11) is 0. The van der Waals surface area contributed by atoms with Crippen LogP contribution >= 0.6 is 0 Å². The van der Waals surface area contributed by atoms with Crippen molar-refractivity contribution in [1.82, 2.24) is 20.6 Å². The van der Waals surface area contributed by atoms with Crippen LogP contribution < -0.4 is 14.9 Å². The van der Waals surface area contributed by atoms with E-state index in [1.165, 1.54) is 6.21 Å². The lowest BCUT2D eigenvalue weighted by Gasteiger charge is -1.99. The van der Waals surface area contributed by atoms with Gasteiger partial charge in [-0.25, -0.2) is 5.43 Å². The molecule has 0 aliphatic carbocycles. The number of aromatic amines is 1. The predicted molar refractivity (Wildman–Crippen MR) is 89.4 cm³/mol. The molecule has 0 fully saturated rings. The molecule has 0 radical (unpaired) electrons. The van der Waals surface area contributed by atoms with Gasteiger partial charge in [0.1, 0.15) is 5.69 Å². The van der Waals surface area contributed by atoms with E-state index in [-0.39, 0.29) is 12.7 Å². The molecule has 1 aliphatic heterocycles. The number of ether oxygens (including phenoxy) is 2. The van der Waals surface area contributed by atoms with Crippen molar-refractivity contribution in [3.63, 3.8) is 0 Å². The number of hydrogen-bond acceptors (Lipinski definition) is 6. The summed E-state index contributed by atoms with van der Waals surface area (Å²) in [6, 6.07) is 10.7. The van der Waals surface area contributed by atoms with Crippen LogP contribution in [0.5, 0.6) is 11.5 Å². The Bertz CT molecular complexity index is 936. The first kappa shape index (κ1) is 14.9. The summed E-state index contributed by atoms with van der Waals surface area (Å²) in [6.07, 6.45) is 4.82. The van der Waals surface area contributed by atoms with E-state index in [2.05, 4.69) is 25.7 Å². The van der Waals surface area contributed by atoms with Crippen LogP contribution in [0.25, 0.3) is 11.3 Å². The fourth-order valence-corrected chi connectivity index (χ4v) is 2.32. The van der Waals surface area contributed by atoms with Crippen LogP contribution in [0.2, 0.25) is 0 Å². The molecule has 8 heteroatoms. The molecule has 0 unspecified atom stereocenters. The molecule has 4 rings (SSSR count). The van der Waals surface area contributed by atoms with E-state index in [0.717, 1.165) is 11.1 Å². The Morgan fingerprint density at radius 3 is 3.04 bits per heavy atom. The van der Waals surface area contributed by atoms with Gasteiger partial charge >= 0.3 is 0 Å².